The molecule has 0 fully saturated rings. The SMILES string of the molecule is F[B-](F)(F)c1cccc2c1OCCCO2. The van der Waals surface area contributed by atoms with Gasteiger partial charge in [-0.05, 0) is 6.07 Å². The normalized spacial score (nSPS) is 15.9. The van der Waals surface area contributed by atoms with Gasteiger partial charge < -0.3 is 22.4 Å². The van der Waals surface area contributed by atoms with Gasteiger partial charge in [-0.1, -0.05) is 17.6 Å². The summed E-state index contributed by atoms with van der Waals surface area (Å²) in [6.45, 7) is -4.40. The highest BCUT2D eigenvalue weighted by atomic mass is 19.4. The third kappa shape index (κ3) is 2.03. The second-order valence-corrected chi connectivity index (χ2v) is 3.30. The fourth-order valence-corrected chi connectivity index (χ4v) is 1.47. The van der Waals surface area contributed by atoms with Crippen molar-refractivity contribution in [1.29, 1.82) is 0 Å². The zero-order valence-electron chi connectivity index (χ0n) is 7.88. The second-order valence-electron chi connectivity index (χ2n) is 3.30. The van der Waals surface area contributed by atoms with E-state index in [4.69, 9.17) is 9.47 Å². The van der Waals surface area contributed by atoms with E-state index >= 15 is 0 Å². The Morgan fingerprint density at radius 3 is 2.53 bits per heavy atom. The molecule has 1 heterocycles. The van der Waals surface area contributed by atoms with Crippen LogP contribution in [0, 0.1) is 0 Å². The highest BCUT2D eigenvalue weighted by Gasteiger charge is 2.31. The molecule has 0 aliphatic carbocycles. The summed E-state index contributed by atoms with van der Waals surface area (Å²) in [6.07, 6.45) is 0.596. The number of halogens is 3. The van der Waals surface area contributed by atoms with Crippen LogP contribution in [0.25, 0.3) is 0 Å². The number of benzene rings is 1. The van der Waals surface area contributed by atoms with Crippen LogP contribution in [0.4, 0.5) is 12.9 Å². The first-order valence-electron chi connectivity index (χ1n) is 4.67. The molecule has 1 aromatic rings. The highest BCUT2D eigenvalue weighted by Crippen LogP contribution is 2.30. The van der Waals surface area contributed by atoms with E-state index < -0.39 is 12.4 Å². The first-order valence-corrected chi connectivity index (χ1v) is 4.67. The lowest BCUT2D eigenvalue weighted by Gasteiger charge is -2.20. The number of hydrogen-bond donors (Lipinski definition) is 0. The topological polar surface area (TPSA) is 18.5 Å². The Hall–Kier alpha value is -1.33. The van der Waals surface area contributed by atoms with Gasteiger partial charge in [0.1, 0.15) is 5.75 Å². The Morgan fingerprint density at radius 2 is 1.80 bits per heavy atom. The summed E-state index contributed by atoms with van der Waals surface area (Å²) in [5, 5.41) is 0. The Morgan fingerprint density at radius 1 is 1.07 bits per heavy atom. The summed E-state index contributed by atoms with van der Waals surface area (Å²) in [5.74, 6) is 0.0201. The maximum absolute atomic E-state index is 12.6. The predicted molar refractivity (Wildman–Crippen MR) is 50.8 cm³/mol. The Kier molecular flexibility index (Phi) is 2.50. The summed E-state index contributed by atoms with van der Waals surface area (Å²) in [4.78, 5) is 0. The van der Waals surface area contributed by atoms with Crippen LogP contribution in [0.2, 0.25) is 0 Å². The van der Waals surface area contributed by atoms with Gasteiger partial charge >= 0.3 is 6.98 Å². The van der Waals surface area contributed by atoms with Gasteiger partial charge in [0.25, 0.3) is 0 Å². The zero-order chi connectivity index (χ0) is 10.9. The first kappa shape index (κ1) is 10.2. The van der Waals surface area contributed by atoms with Crippen LogP contribution in [0.1, 0.15) is 6.42 Å². The molecular formula is C9H9BF3O2-. The van der Waals surface area contributed by atoms with Crippen molar-refractivity contribution in [2.45, 2.75) is 6.42 Å². The summed E-state index contributed by atoms with van der Waals surface area (Å²) in [6, 6.07) is 3.84. The molecule has 0 spiro atoms. The first-order chi connectivity index (χ1) is 7.09. The molecule has 0 saturated carbocycles. The van der Waals surface area contributed by atoms with Crippen molar-refractivity contribution in [3.05, 3.63) is 18.2 Å². The lowest BCUT2D eigenvalue weighted by atomic mass is 9.79. The molecule has 0 aromatic heterocycles. The number of hydrogen-bond acceptors (Lipinski definition) is 2. The van der Waals surface area contributed by atoms with Crippen molar-refractivity contribution in [1.82, 2.24) is 0 Å². The molecule has 2 nitrogen and oxygen atoms in total. The third-order valence-electron chi connectivity index (χ3n) is 2.15. The summed E-state index contributed by atoms with van der Waals surface area (Å²) < 4.78 is 48.2. The van der Waals surface area contributed by atoms with Gasteiger partial charge in [-0.3, -0.25) is 0 Å². The van der Waals surface area contributed by atoms with E-state index in [1.54, 1.807) is 0 Å². The summed E-state index contributed by atoms with van der Waals surface area (Å²) >= 11 is 0. The molecule has 15 heavy (non-hydrogen) atoms. The molecule has 0 radical (unpaired) electrons. The molecule has 0 saturated heterocycles. The largest absolute Gasteiger partial charge is 0.513 e. The average Bonchev–Trinajstić information content (AvgIpc) is 2.39. The van der Waals surface area contributed by atoms with E-state index in [2.05, 4.69) is 0 Å². The van der Waals surface area contributed by atoms with Crippen molar-refractivity contribution in [3.8, 4) is 11.5 Å². The molecule has 1 aliphatic heterocycles. The molecule has 0 unspecified atom stereocenters. The molecule has 0 amide bonds. The quantitative estimate of drug-likeness (QED) is 0.668. The Bertz CT molecular complexity index is 365. The minimum absolute atomic E-state index is 0.164. The lowest BCUT2D eigenvalue weighted by molar-refractivity contribution is 0.297. The van der Waals surface area contributed by atoms with Crippen molar-refractivity contribution in [2.75, 3.05) is 13.2 Å². The number of rotatable bonds is 1. The minimum Gasteiger partial charge on any atom is -0.493 e. The molecule has 0 bridgehead atoms. The van der Waals surface area contributed by atoms with E-state index in [1.165, 1.54) is 12.1 Å². The Labute approximate surface area is 85.1 Å². The third-order valence-corrected chi connectivity index (χ3v) is 2.15. The Balaban J connectivity index is 2.48. The van der Waals surface area contributed by atoms with Crippen LogP contribution in [0.5, 0.6) is 11.5 Å². The molecule has 0 N–H and O–H groups in total. The van der Waals surface area contributed by atoms with Crippen LogP contribution in [-0.2, 0) is 0 Å². The van der Waals surface area contributed by atoms with Gasteiger partial charge in [-0.25, -0.2) is 0 Å². The maximum Gasteiger partial charge on any atom is 0.513 e. The smallest absolute Gasteiger partial charge is 0.493 e. The monoisotopic (exact) mass is 217 g/mol. The molecule has 0 atom stereocenters. The maximum atomic E-state index is 12.6. The number of ether oxygens (including phenoxy) is 2. The van der Waals surface area contributed by atoms with Gasteiger partial charge in [0, 0.05) is 6.42 Å². The van der Waals surface area contributed by atoms with Gasteiger partial charge in [0.15, 0.2) is 5.75 Å². The van der Waals surface area contributed by atoms with Crippen molar-refractivity contribution in [2.24, 2.45) is 0 Å². The molecular weight excluding hydrogens is 208 g/mol. The standard InChI is InChI=1S/C9H9BF3O2/c11-10(12,13)7-3-1-4-8-9(7)15-6-2-5-14-8/h1,3-4H,2,5-6H2/q-1. The molecule has 82 valence electrons. The van der Waals surface area contributed by atoms with Gasteiger partial charge in [0.2, 0.25) is 0 Å². The summed E-state index contributed by atoms with van der Waals surface area (Å²) in [5.41, 5.74) is -0.714. The minimum atomic E-state index is -5.05. The average molecular weight is 217 g/mol. The molecule has 6 heteroatoms. The molecule has 1 aliphatic rings. The van der Waals surface area contributed by atoms with Crippen molar-refractivity contribution < 1.29 is 22.4 Å². The second kappa shape index (κ2) is 3.68. The van der Waals surface area contributed by atoms with Crippen molar-refractivity contribution >= 4 is 12.4 Å². The van der Waals surface area contributed by atoms with Gasteiger partial charge in [0.05, 0.1) is 13.2 Å². The van der Waals surface area contributed by atoms with Gasteiger partial charge in [-0.15, -0.1) is 0 Å². The highest BCUT2D eigenvalue weighted by molar-refractivity contribution is 6.74. The van der Waals surface area contributed by atoms with Crippen LogP contribution in [0.3, 0.4) is 0 Å². The van der Waals surface area contributed by atoms with E-state index in [9.17, 15) is 12.9 Å². The zero-order valence-corrected chi connectivity index (χ0v) is 7.88. The van der Waals surface area contributed by atoms with Gasteiger partial charge in [-0.2, -0.15) is 0 Å². The van der Waals surface area contributed by atoms with E-state index in [-0.39, 0.29) is 18.1 Å². The summed E-state index contributed by atoms with van der Waals surface area (Å²) in [7, 11) is 0. The van der Waals surface area contributed by atoms with Crippen LogP contribution < -0.4 is 14.9 Å². The number of fused-ring (bicyclic) bond motifs is 1. The molecule has 1 aromatic carbocycles. The van der Waals surface area contributed by atoms with Crippen LogP contribution in [-0.4, -0.2) is 20.2 Å². The fraction of sp³-hybridized carbons (Fsp3) is 0.333. The van der Waals surface area contributed by atoms with Crippen LogP contribution in [0.15, 0.2) is 18.2 Å². The lowest BCUT2D eigenvalue weighted by Crippen LogP contribution is -2.35. The van der Waals surface area contributed by atoms with E-state index in [0.29, 0.717) is 13.0 Å². The predicted octanol–water partition coefficient (Wildman–Crippen LogP) is 1.90. The van der Waals surface area contributed by atoms with E-state index in [0.717, 1.165) is 6.07 Å². The number of para-hydroxylation sites is 1. The van der Waals surface area contributed by atoms with Crippen molar-refractivity contribution in [3.63, 3.8) is 0 Å². The van der Waals surface area contributed by atoms with Crippen LogP contribution >= 0.6 is 0 Å². The molecule has 2 rings (SSSR count). The fourth-order valence-electron chi connectivity index (χ4n) is 1.47. The van der Waals surface area contributed by atoms with E-state index in [1.807, 2.05) is 0 Å².